The van der Waals surface area contributed by atoms with Gasteiger partial charge >= 0.3 is 0 Å². The predicted molar refractivity (Wildman–Crippen MR) is 81.5 cm³/mol. The van der Waals surface area contributed by atoms with Crippen LogP contribution in [0.25, 0.3) is 0 Å². The minimum atomic E-state index is 0.695. The Balaban J connectivity index is 2.26. The lowest BCUT2D eigenvalue weighted by Gasteiger charge is -2.09. The number of hydrogen-bond donors (Lipinski definition) is 0. The van der Waals surface area contributed by atoms with E-state index >= 15 is 0 Å². The lowest BCUT2D eigenvalue weighted by Crippen LogP contribution is -2.04. The van der Waals surface area contributed by atoms with Gasteiger partial charge in [-0.1, -0.05) is 55.9 Å². The highest BCUT2D eigenvalue weighted by Crippen LogP contribution is 2.27. The molecule has 0 aliphatic rings. The molecule has 0 radical (unpaired) electrons. The van der Waals surface area contributed by atoms with Gasteiger partial charge in [-0.15, -0.1) is 5.10 Å². The molecular weight excluding hydrogens is 266 g/mol. The maximum Gasteiger partial charge on any atom is 0.137 e. The molecule has 0 aliphatic heterocycles. The largest absolute Gasteiger partial charge is 0.192 e. The predicted octanol–water partition coefficient (Wildman–Crippen LogP) is 3.77. The summed E-state index contributed by atoms with van der Waals surface area (Å²) in [6, 6.07) is 12.5. The van der Waals surface area contributed by atoms with Crippen LogP contribution in [0.5, 0.6) is 0 Å². The molecule has 0 saturated carbocycles. The molecule has 0 bridgehead atoms. The second-order valence-electron chi connectivity index (χ2n) is 4.40. The molecule has 20 heavy (non-hydrogen) atoms. The van der Waals surface area contributed by atoms with E-state index in [1.165, 1.54) is 5.56 Å². The standard InChI is InChI=1S/C16H17N3S/c1-3-13-14(10-17)16(19-18-15(13)4-2)20-11-12-8-6-5-7-9-12/h5-9H,3-4,11H2,1-2H3. The first-order valence-corrected chi connectivity index (χ1v) is 7.73. The van der Waals surface area contributed by atoms with Crippen LogP contribution in [0.15, 0.2) is 35.4 Å². The average Bonchev–Trinajstić information content (AvgIpc) is 2.52. The van der Waals surface area contributed by atoms with Gasteiger partial charge in [-0.2, -0.15) is 10.4 Å². The number of thioether (sulfide) groups is 1. The van der Waals surface area contributed by atoms with Gasteiger partial charge in [0, 0.05) is 5.75 Å². The zero-order valence-corrected chi connectivity index (χ0v) is 12.6. The molecule has 0 amide bonds. The molecule has 4 heteroatoms. The van der Waals surface area contributed by atoms with E-state index in [0.717, 1.165) is 34.9 Å². The van der Waals surface area contributed by atoms with Gasteiger partial charge in [-0.3, -0.25) is 0 Å². The summed E-state index contributed by atoms with van der Waals surface area (Å²) < 4.78 is 0. The first kappa shape index (κ1) is 14.5. The van der Waals surface area contributed by atoms with Gasteiger partial charge < -0.3 is 0 Å². The van der Waals surface area contributed by atoms with Gasteiger partial charge in [0.25, 0.3) is 0 Å². The fourth-order valence-electron chi connectivity index (χ4n) is 2.10. The van der Waals surface area contributed by atoms with E-state index in [2.05, 4.69) is 35.3 Å². The van der Waals surface area contributed by atoms with E-state index in [1.54, 1.807) is 11.8 Å². The molecule has 2 rings (SSSR count). The summed E-state index contributed by atoms with van der Waals surface area (Å²) >= 11 is 1.58. The van der Waals surface area contributed by atoms with Crippen molar-refractivity contribution in [2.45, 2.75) is 37.5 Å². The quantitative estimate of drug-likeness (QED) is 0.784. The summed E-state index contributed by atoms with van der Waals surface area (Å²) in [6.07, 6.45) is 1.63. The molecule has 0 spiro atoms. The number of aromatic nitrogens is 2. The average molecular weight is 283 g/mol. The van der Waals surface area contributed by atoms with Crippen LogP contribution >= 0.6 is 11.8 Å². The molecule has 0 saturated heterocycles. The topological polar surface area (TPSA) is 49.6 Å². The maximum atomic E-state index is 9.42. The first-order valence-electron chi connectivity index (χ1n) is 6.75. The zero-order chi connectivity index (χ0) is 14.4. The third kappa shape index (κ3) is 3.17. The highest BCUT2D eigenvalue weighted by atomic mass is 32.2. The van der Waals surface area contributed by atoms with Crippen molar-refractivity contribution < 1.29 is 0 Å². The molecule has 1 aromatic carbocycles. The summed E-state index contributed by atoms with van der Waals surface area (Å²) in [6.45, 7) is 4.10. The van der Waals surface area contributed by atoms with Crippen LogP contribution in [-0.2, 0) is 18.6 Å². The SMILES string of the molecule is CCc1nnc(SCc2ccccc2)c(C#N)c1CC. The normalized spacial score (nSPS) is 10.2. The first-order chi connectivity index (χ1) is 9.80. The van der Waals surface area contributed by atoms with E-state index in [4.69, 9.17) is 0 Å². The number of nitriles is 1. The van der Waals surface area contributed by atoms with Gasteiger partial charge in [-0.05, 0) is 24.0 Å². The molecule has 2 aromatic rings. The van der Waals surface area contributed by atoms with Crippen molar-refractivity contribution in [3.8, 4) is 6.07 Å². The molecule has 0 unspecified atom stereocenters. The van der Waals surface area contributed by atoms with Crippen molar-refractivity contribution in [2.75, 3.05) is 0 Å². The third-order valence-electron chi connectivity index (χ3n) is 3.14. The van der Waals surface area contributed by atoms with E-state index in [0.29, 0.717) is 5.56 Å². The second-order valence-corrected chi connectivity index (χ2v) is 5.36. The van der Waals surface area contributed by atoms with Crippen molar-refractivity contribution in [1.82, 2.24) is 10.2 Å². The Morgan fingerprint density at radius 3 is 2.45 bits per heavy atom. The maximum absolute atomic E-state index is 9.42. The van der Waals surface area contributed by atoms with Crippen molar-refractivity contribution >= 4 is 11.8 Å². The lowest BCUT2D eigenvalue weighted by molar-refractivity contribution is 0.817. The number of nitrogens with zero attached hydrogens (tertiary/aromatic N) is 3. The number of aryl methyl sites for hydroxylation is 1. The summed E-state index contributed by atoms with van der Waals surface area (Å²) in [7, 11) is 0. The molecule has 3 nitrogen and oxygen atoms in total. The van der Waals surface area contributed by atoms with Crippen LogP contribution in [-0.4, -0.2) is 10.2 Å². The Kier molecular flexibility index (Phi) is 5.14. The number of hydrogen-bond acceptors (Lipinski definition) is 4. The van der Waals surface area contributed by atoms with Gasteiger partial charge in [0.05, 0.1) is 11.3 Å². The highest BCUT2D eigenvalue weighted by molar-refractivity contribution is 7.98. The number of benzene rings is 1. The van der Waals surface area contributed by atoms with Crippen molar-refractivity contribution in [3.63, 3.8) is 0 Å². The van der Waals surface area contributed by atoms with Crippen molar-refractivity contribution in [1.29, 1.82) is 5.26 Å². The number of rotatable bonds is 5. The van der Waals surface area contributed by atoms with Crippen LogP contribution < -0.4 is 0 Å². The Morgan fingerprint density at radius 1 is 1.10 bits per heavy atom. The van der Waals surface area contributed by atoms with Gasteiger partial charge in [-0.25, -0.2) is 0 Å². The van der Waals surface area contributed by atoms with Crippen molar-refractivity contribution in [3.05, 3.63) is 52.7 Å². The lowest BCUT2D eigenvalue weighted by atomic mass is 10.1. The third-order valence-corrected chi connectivity index (χ3v) is 4.18. The van der Waals surface area contributed by atoms with Crippen LogP contribution in [0.3, 0.4) is 0 Å². The van der Waals surface area contributed by atoms with E-state index in [-0.39, 0.29) is 0 Å². The minimum Gasteiger partial charge on any atom is -0.192 e. The second kappa shape index (κ2) is 7.06. The van der Waals surface area contributed by atoms with E-state index in [1.807, 2.05) is 25.1 Å². The Labute approximate surface area is 124 Å². The fourth-order valence-corrected chi connectivity index (χ4v) is 3.00. The summed E-state index contributed by atoms with van der Waals surface area (Å²) in [4.78, 5) is 0. The molecule has 1 aromatic heterocycles. The van der Waals surface area contributed by atoms with Gasteiger partial charge in [0.15, 0.2) is 0 Å². The van der Waals surface area contributed by atoms with Gasteiger partial charge in [0.2, 0.25) is 0 Å². The Morgan fingerprint density at radius 2 is 1.85 bits per heavy atom. The highest BCUT2D eigenvalue weighted by Gasteiger charge is 2.14. The van der Waals surface area contributed by atoms with E-state index < -0.39 is 0 Å². The molecule has 0 fully saturated rings. The van der Waals surface area contributed by atoms with Gasteiger partial charge in [0.1, 0.15) is 11.1 Å². The monoisotopic (exact) mass is 283 g/mol. The molecule has 0 atom stereocenters. The molecule has 0 aliphatic carbocycles. The fraction of sp³-hybridized carbons (Fsp3) is 0.312. The van der Waals surface area contributed by atoms with Crippen LogP contribution in [0, 0.1) is 11.3 Å². The van der Waals surface area contributed by atoms with Crippen LogP contribution in [0.1, 0.15) is 36.2 Å². The summed E-state index contributed by atoms with van der Waals surface area (Å²) in [5.41, 5.74) is 3.90. The Bertz CT molecular complexity index is 618. The van der Waals surface area contributed by atoms with E-state index in [9.17, 15) is 5.26 Å². The zero-order valence-electron chi connectivity index (χ0n) is 11.8. The smallest absolute Gasteiger partial charge is 0.137 e. The molecule has 1 heterocycles. The minimum absolute atomic E-state index is 0.695. The van der Waals surface area contributed by atoms with Crippen LogP contribution in [0.2, 0.25) is 0 Å². The van der Waals surface area contributed by atoms with Crippen LogP contribution in [0.4, 0.5) is 0 Å². The summed E-state index contributed by atoms with van der Waals surface area (Å²) in [5, 5.41) is 18.7. The molecule has 102 valence electrons. The Hall–Kier alpha value is -1.86. The molecule has 0 N–H and O–H groups in total. The molecular formula is C16H17N3S. The summed E-state index contributed by atoms with van der Waals surface area (Å²) in [5.74, 6) is 0.804. The van der Waals surface area contributed by atoms with Crippen molar-refractivity contribution in [2.24, 2.45) is 0 Å².